The number of imide groups is 1. The lowest BCUT2D eigenvalue weighted by atomic mass is 9.81. The molecule has 2 saturated carbocycles. The molecule has 9 heteroatoms. The fourth-order valence-corrected chi connectivity index (χ4v) is 7.28. The van der Waals surface area contributed by atoms with Crippen molar-refractivity contribution in [2.45, 2.75) is 16.1 Å². The maximum absolute atomic E-state index is 12.9. The normalized spacial score (nSPS) is 30.6. The number of carbonyl (C=O) groups is 4. The molecule has 3 amide bonds. The van der Waals surface area contributed by atoms with Crippen LogP contribution in [-0.4, -0.2) is 51.4 Å². The van der Waals surface area contributed by atoms with Crippen LogP contribution in [0.5, 0.6) is 0 Å². The molecule has 7 nitrogen and oxygen atoms in total. The second-order valence-corrected chi connectivity index (χ2v) is 10.6. The predicted molar refractivity (Wildman–Crippen MR) is 124 cm³/mol. The lowest BCUT2D eigenvalue weighted by Crippen LogP contribution is -2.38. The number of nitrogens with one attached hydrogen (secondary N) is 1. The molecule has 1 saturated heterocycles. The van der Waals surface area contributed by atoms with Gasteiger partial charge in [0.25, 0.3) is 5.91 Å². The Morgan fingerprint density at radius 3 is 2.28 bits per heavy atom. The highest BCUT2D eigenvalue weighted by Gasteiger charge is 2.66. The van der Waals surface area contributed by atoms with E-state index in [0.717, 1.165) is 22.1 Å². The highest BCUT2D eigenvalue weighted by Crippen LogP contribution is 2.60. The second kappa shape index (κ2) is 8.26. The first kappa shape index (κ1) is 21.6. The summed E-state index contributed by atoms with van der Waals surface area (Å²) < 4.78 is 5.06. The number of benzene rings is 2. The van der Waals surface area contributed by atoms with Crippen molar-refractivity contribution in [1.29, 1.82) is 0 Å². The van der Waals surface area contributed by atoms with Crippen molar-refractivity contribution in [2.24, 2.45) is 23.7 Å². The average molecular weight is 564 g/mol. The first-order valence-electron chi connectivity index (χ1n) is 10.4. The summed E-state index contributed by atoms with van der Waals surface area (Å²) in [5, 5.41) is 4.59. The number of nitrogens with zero attached hydrogens (tertiary/aromatic N) is 1. The molecule has 0 unspecified atom stereocenters. The third-order valence-electron chi connectivity index (χ3n) is 6.79. The Balaban J connectivity index is 1.18. The standard InChI is InChI=1S/C23H20Br2N2O5/c24-20-13-8-14(21(20)25)19-18(13)22(30)27(23(19)31)9-17(29)32-10-16(28)26-15-7-3-5-11-4-1-2-6-12(11)15/h1-7,13-14,18-21H,8-10H2,(H,26,28)/t13-,14-,18-,19-,20+,21+/m1/s1. The summed E-state index contributed by atoms with van der Waals surface area (Å²) in [4.78, 5) is 51.6. The zero-order chi connectivity index (χ0) is 22.6. The minimum atomic E-state index is -0.780. The molecule has 2 aromatic rings. The van der Waals surface area contributed by atoms with Crippen molar-refractivity contribution in [1.82, 2.24) is 4.90 Å². The van der Waals surface area contributed by atoms with E-state index in [2.05, 4.69) is 37.2 Å². The smallest absolute Gasteiger partial charge is 0.326 e. The number of alkyl halides is 2. The molecule has 1 aliphatic heterocycles. The number of carbonyl (C=O) groups excluding carboxylic acids is 4. The first-order chi connectivity index (χ1) is 15.4. The lowest BCUT2D eigenvalue weighted by Gasteiger charge is -2.28. The van der Waals surface area contributed by atoms with Gasteiger partial charge in [0.05, 0.1) is 11.8 Å². The number of esters is 1. The van der Waals surface area contributed by atoms with Crippen LogP contribution in [0, 0.1) is 23.7 Å². The second-order valence-electron chi connectivity index (χ2n) is 8.50. The van der Waals surface area contributed by atoms with Crippen LogP contribution < -0.4 is 5.32 Å². The third-order valence-corrected chi connectivity index (χ3v) is 10.0. The van der Waals surface area contributed by atoms with E-state index in [4.69, 9.17) is 4.74 Å². The van der Waals surface area contributed by atoms with E-state index in [1.807, 2.05) is 36.4 Å². The van der Waals surface area contributed by atoms with Crippen molar-refractivity contribution in [3.63, 3.8) is 0 Å². The number of likely N-dealkylation sites (tertiary alicyclic amines) is 1. The summed E-state index contributed by atoms with van der Waals surface area (Å²) in [6.45, 7) is -0.963. The van der Waals surface area contributed by atoms with Gasteiger partial charge in [0.2, 0.25) is 11.8 Å². The quantitative estimate of drug-likeness (QED) is 0.343. The van der Waals surface area contributed by atoms with Gasteiger partial charge >= 0.3 is 5.97 Å². The van der Waals surface area contributed by atoms with Gasteiger partial charge in [-0.2, -0.15) is 0 Å². The zero-order valence-electron chi connectivity index (χ0n) is 16.9. The van der Waals surface area contributed by atoms with Crippen molar-refractivity contribution in [2.75, 3.05) is 18.5 Å². The first-order valence-corrected chi connectivity index (χ1v) is 12.3. The Hall–Kier alpha value is -2.26. The fraction of sp³-hybridized carbons (Fsp3) is 0.391. The third kappa shape index (κ3) is 3.46. The van der Waals surface area contributed by atoms with Gasteiger partial charge < -0.3 is 10.1 Å². The summed E-state index contributed by atoms with van der Waals surface area (Å²) >= 11 is 7.27. The molecule has 3 fully saturated rings. The molecule has 166 valence electrons. The van der Waals surface area contributed by atoms with Crippen molar-refractivity contribution in [3.8, 4) is 0 Å². The molecular formula is C23H20Br2N2O5. The summed E-state index contributed by atoms with van der Waals surface area (Å²) in [6.07, 6.45) is 0.825. The average Bonchev–Trinajstić information content (AvgIpc) is 3.39. The summed E-state index contributed by atoms with van der Waals surface area (Å²) in [5.74, 6) is -2.49. The summed E-state index contributed by atoms with van der Waals surface area (Å²) in [5.41, 5.74) is 0.617. The zero-order valence-corrected chi connectivity index (χ0v) is 20.0. The van der Waals surface area contributed by atoms with Gasteiger partial charge in [0.1, 0.15) is 6.54 Å². The van der Waals surface area contributed by atoms with E-state index < -0.39 is 25.0 Å². The molecule has 0 aromatic heterocycles. The Morgan fingerprint density at radius 2 is 1.59 bits per heavy atom. The maximum atomic E-state index is 12.9. The molecule has 0 spiro atoms. The molecule has 32 heavy (non-hydrogen) atoms. The number of anilines is 1. The highest BCUT2D eigenvalue weighted by atomic mass is 79.9. The number of rotatable bonds is 5. The largest absolute Gasteiger partial charge is 0.454 e. The van der Waals surface area contributed by atoms with Gasteiger partial charge in [0.15, 0.2) is 6.61 Å². The molecule has 1 heterocycles. The maximum Gasteiger partial charge on any atom is 0.326 e. The number of amides is 3. The van der Waals surface area contributed by atoms with E-state index >= 15 is 0 Å². The Labute approximate surface area is 201 Å². The summed E-state index contributed by atoms with van der Waals surface area (Å²) in [7, 11) is 0. The molecule has 3 aliphatic rings. The number of ether oxygens (including phenoxy) is 1. The van der Waals surface area contributed by atoms with Crippen LogP contribution in [0.4, 0.5) is 5.69 Å². The summed E-state index contributed by atoms with van der Waals surface area (Å²) in [6, 6.07) is 13.1. The SMILES string of the molecule is O=C(COC(=O)CN1C(=O)[C@@H]2[C@H]3C[C@@H]([C@H](Br)[C@H]3Br)[C@H]2C1=O)Nc1cccc2ccccc12. The lowest BCUT2D eigenvalue weighted by molar-refractivity contribution is -0.154. The van der Waals surface area contributed by atoms with Gasteiger partial charge in [-0.3, -0.25) is 24.1 Å². The molecule has 1 N–H and O–H groups in total. The van der Waals surface area contributed by atoms with E-state index in [9.17, 15) is 19.2 Å². The van der Waals surface area contributed by atoms with Crippen LogP contribution >= 0.6 is 31.9 Å². The Bertz CT molecular complexity index is 1100. The van der Waals surface area contributed by atoms with Crippen molar-refractivity contribution < 1.29 is 23.9 Å². The molecule has 2 aliphatic carbocycles. The molecule has 2 bridgehead atoms. The van der Waals surface area contributed by atoms with Gasteiger partial charge in [-0.15, -0.1) is 0 Å². The molecule has 6 atom stereocenters. The van der Waals surface area contributed by atoms with Gasteiger partial charge in [-0.05, 0) is 29.7 Å². The van der Waals surface area contributed by atoms with Gasteiger partial charge in [-0.1, -0.05) is 68.3 Å². The van der Waals surface area contributed by atoms with Crippen LogP contribution in [-0.2, 0) is 23.9 Å². The van der Waals surface area contributed by atoms with E-state index in [1.54, 1.807) is 6.07 Å². The van der Waals surface area contributed by atoms with Crippen LogP contribution in [0.25, 0.3) is 10.8 Å². The minimum Gasteiger partial charge on any atom is -0.454 e. The van der Waals surface area contributed by atoms with Crippen LogP contribution in [0.1, 0.15) is 6.42 Å². The number of hydrogen-bond acceptors (Lipinski definition) is 5. The van der Waals surface area contributed by atoms with E-state index in [-0.39, 0.29) is 45.1 Å². The Kier molecular flexibility index (Phi) is 5.57. The highest BCUT2D eigenvalue weighted by molar-refractivity contribution is 9.12. The Morgan fingerprint density at radius 1 is 0.969 bits per heavy atom. The molecule has 2 aromatic carbocycles. The molecule has 5 rings (SSSR count). The van der Waals surface area contributed by atoms with Gasteiger partial charge in [0, 0.05) is 20.7 Å². The number of halogens is 2. The van der Waals surface area contributed by atoms with Crippen LogP contribution in [0.2, 0.25) is 0 Å². The topological polar surface area (TPSA) is 92.8 Å². The van der Waals surface area contributed by atoms with Crippen molar-refractivity contribution in [3.05, 3.63) is 42.5 Å². The van der Waals surface area contributed by atoms with Crippen LogP contribution in [0.3, 0.4) is 0 Å². The van der Waals surface area contributed by atoms with E-state index in [0.29, 0.717) is 5.69 Å². The monoisotopic (exact) mass is 562 g/mol. The molecular weight excluding hydrogens is 544 g/mol. The van der Waals surface area contributed by atoms with Crippen LogP contribution in [0.15, 0.2) is 42.5 Å². The van der Waals surface area contributed by atoms with Crippen molar-refractivity contribution >= 4 is 72.0 Å². The number of hydrogen-bond donors (Lipinski definition) is 1. The fourth-order valence-electron chi connectivity index (χ4n) is 5.41. The minimum absolute atomic E-state index is 0.0818. The predicted octanol–water partition coefficient (Wildman–Crippen LogP) is 3.10. The number of fused-ring (bicyclic) bond motifs is 6. The molecule has 0 radical (unpaired) electrons. The van der Waals surface area contributed by atoms with Gasteiger partial charge in [-0.25, -0.2) is 0 Å². The van der Waals surface area contributed by atoms with E-state index in [1.165, 1.54) is 0 Å².